The first-order chi connectivity index (χ1) is 13.0. The van der Waals surface area contributed by atoms with Crippen LogP contribution >= 0.6 is 23.1 Å². The Labute approximate surface area is 167 Å². The van der Waals surface area contributed by atoms with E-state index >= 15 is 0 Å². The molecule has 0 unspecified atom stereocenters. The highest BCUT2D eigenvalue weighted by Gasteiger charge is 2.21. The summed E-state index contributed by atoms with van der Waals surface area (Å²) in [7, 11) is 0. The molecule has 1 saturated heterocycles. The Morgan fingerprint density at radius 3 is 2.63 bits per heavy atom. The van der Waals surface area contributed by atoms with E-state index in [1.165, 1.54) is 41.5 Å². The zero-order valence-corrected chi connectivity index (χ0v) is 17.3. The zero-order valence-electron chi connectivity index (χ0n) is 15.7. The molecular weight excluding hydrogens is 376 g/mol. The van der Waals surface area contributed by atoms with Crippen molar-refractivity contribution in [2.75, 3.05) is 29.6 Å². The molecule has 140 valence electrons. The molecule has 5 nitrogen and oxygen atoms in total. The van der Waals surface area contributed by atoms with Crippen LogP contribution in [0.3, 0.4) is 0 Å². The van der Waals surface area contributed by atoms with Gasteiger partial charge in [-0.3, -0.25) is 4.79 Å². The summed E-state index contributed by atoms with van der Waals surface area (Å²) < 4.78 is 0. The largest absolute Gasteiger partial charge is 0.356 e. The average Bonchev–Trinajstić information content (AvgIpc) is 3.33. The highest BCUT2D eigenvalue weighted by Crippen LogP contribution is 2.34. The number of aromatic nitrogens is 2. The maximum Gasteiger partial charge on any atom is 0.265 e. The van der Waals surface area contributed by atoms with Gasteiger partial charge in [-0.15, -0.1) is 11.3 Å². The van der Waals surface area contributed by atoms with Crippen LogP contribution in [0.1, 0.15) is 33.6 Å². The van der Waals surface area contributed by atoms with Gasteiger partial charge in [0.2, 0.25) is 0 Å². The SMILES string of the molecule is CSc1nc(N2CCCC2)c2cc(C(=O)Nc3ccc(C)c(C)c3)sc2n1. The Hall–Kier alpha value is -2.12. The summed E-state index contributed by atoms with van der Waals surface area (Å²) in [5.41, 5.74) is 3.19. The van der Waals surface area contributed by atoms with Gasteiger partial charge in [-0.1, -0.05) is 17.8 Å². The van der Waals surface area contributed by atoms with E-state index in [-0.39, 0.29) is 5.91 Å². The van der Waals surface area contributed by atoms with Gasteiger partial charge in [0.15, 0.2) is 5.16 Å². The second kappa shape index (κ2) is 7.48. The van der Waals surface area contributed by atoms with Crippen LogP contribution in [0.2, 0.25) is 0 Å². The van der Waals surface area contributed by atoms with Crippen molar-refractivity contribution in [1.82, 2.24) is 9.97 Å². The van der Waals surface area contributed by atoms with E-state index < -0.39 is 0 Å². The van der Waals surface area contributed by atoms with E-state index in [9.17, 15) is 4.79 Å². The van der Waals surface area contributed by atoms with Crippen LogP contribution in [0, 0.1) is 13.8 Å². The summed E-state index contributed by atoms with van der Waals surface area (Å²) in [5, 5.41) is 4.74. The van der Waals surface area contributed by atoms with Crippen molar-refractivity contribution in [3.63, 3.8) is 0 Å². The highest BCUT2D eigenvalue weighted by atomic mass is 32.2. The van der Waals surface area contributed by atoms with E-state index in [0.29, 0.717) is 4.88 Å². The summed E-state index contributed by atoms with van der Waals surface area (Å²) in [4.78, 5) is 26.0. The molecule has 1 aliphatic rings. The van der Waals surface area contributed by atoms with Gasteiger partial charge in [-0.2, -0.15) is 0 Å². The fourth-order valence-electron chi connectivity index (χ4n) is 3.27. The van der Waals surface area contributed by atoms with Crippen LogP contribution in [0.25, 0.3) is 10.2 Å². The van der Waals surface area contributed by atoms with Gasteiger partial charge >= 0.3 is 0 Å². The molecule has 1 aliphatic heterocycles. The Morgan fingerprint density at radius 1 is 1.15 bits per heavy atom. The summed E-state index contributed by atoms with van der Waals surface area (Å²) in [5.74, 6) is 0.864. The second-order valence-electron chi connectivity index (χ2n) is 6.81. The van der Waals surface area contributed by atoms with E-state index in [1.54, 1.807) is 0 Å². The zero-order chi connectivity index (χ0) is 19.0. The van der Waals surface area contributed by atoms with Crippen molar-refractivity contribution in [3.8, 4) is 0 Å². The number of anilines is 2. The van der Waals surface area contributed by atoms with Crippen LogP contribution in [-0.2, 0) is 0 Å². The minimum absolute atomic E-state index is 0.0978. The first-order valence-electron chi connectivity index (χ1n) is 9.04. The van der Waals surface area contributed by atoms with Crippen LogP contribution in [0.15, 0.2) is 29.4 Å². The van der Waals surface area contributed by atoms with Gasteiger partial charge in [0.05, 0.1) is 10.3 Å². The van der Waals surface area contributed by atoms with Crippen LogP contribution < -0.4 is 10.2 Å². The Kier molecular flexibility index (Phi) is 5.06. The van der Waals surface area contributed by atoms with Crippen molar-refractivity contribution in [1.29, 1.82) is 0 Å². The smallest absolute Gasteiger partial charge is 0.265 e. The number of fused-ring (bicyclic) bond motifs is 1. The average molecular weight is 399 g/mol. The Bertz CT molecular complexity index is 1010. The quantitative estimate of drug-likeness (QED) is 0.501. The van der Waals surface area contributed by atoms with Crippen molar-refractivity contribution in [2.24, 2.45) is 0 Å². The molecule has 4 rings (SSSR count). The topological polar surface area (TPSA) is 58.1 Å². The van der Waals surface area contributed by atoms with Crippen molar-refractivity contribution < 1.29 is 4.79 Å². The molecule has 0 saturated carbocycles. The number of benzene rings is 1. The Morgan fingerprint density at radius 2 is 1.93 bits per heavy atom. The molecule has 2 aromatic heterocycles. The van der Waals surface area contributed by atoms with E-state index in [1.807, 2.05) is 37.4 Å². The number of thiophene rings is 1. The Balaban J connectivity index is 1.68. The second-order valence-corrected chi connectivity index (χ2v) is 8.61. The van der Waals surface area contributed by atoms with Gasteiger partial charge in [-0.05, 0) is 62.3 Å². The molecular formula is C20H22N4OS2. The fourth-order valence-corrected chi connectivity index (χ4v) is 4.61. The minimum atomic E-state index is -0.0978. The number of amides is 1. The molecule has 1 aromatic carbocycles. The number of thioether (sulfide) groups is 1. The van der Waals surface area contributed by atoms with Crippen molar-refractivity contribution in [3.05, 3.63) is 40.3 Å². The van der Waals surface area contributed by atoms with Crippen molar-refractivity contribution in [2.45, 2.75) is 31.8 Å². The lowest BCUT2D eigenvalue weighted by molar-refractivity contribution is 0.103. The molecule has 1 N–H and O–H groups in total. The van der Waals surface area contributed by atoms with E-state index in [0.717, 1.165) is 45.5 Å². The van der Waals surface area contributed by atoms with E-state index in [2.05, 4.69) is 22.1 Å². The predicted octanol–water partition coefficient (Wildman–Crippen LogP) is 4.88. The monoisotopic (exact) mass is 398 g/mol. The number of nitrogens with one attached hydrogen (secondary N) is 1. The standard InChI is InChI=1S/C20H22N4OS2/c1-12-6-7-14(10-13(12)2)21-18(25)16-11-15-17(24-8-4-5-9-24)22-20(26-3)23-19(15)27-16/h6-7,10-11H,4-5,8-9H2,1-3H3,(H,21,25). The maximum absolute atomic E-state index is 12.8. The van der Waals surface area contributed by atoms with Crippen LogP contribution in [0.5, 0.6) is 0 Å². The van der Waals surface area contributed by atoms with E-state index in [4.69, 9.17) is 4.98 Å². The van der Waals surface area contributed by atoms with Crippen molar-refractivity contribution >= 4 is 50.7 Å². The number of carbonyl (C=O) groups excluding carboxylic acids is 1. The summed E-state index contributed by atoms with van der Waals surface area (Å²) >= 11 is 2.97. The number of hydrogen-bond acceptors (Lipinski definition) is 6. The third-order valence-electron chi connectivity index (χ3n) is 4.93. The number of carbonyl (C=O) groups is 1. The minimum Gasteiger partial charge on any atom is -0.356 e. The van der Waals surface area contributed by atoms with Gasteiger partial charge < -0.3 is 10.2 Å². The summed E-state index contributed by atoms with van der Waals surface area (Å²) in [6.45, 7) is 6.14. The number of rotatable bonds is 4. The summed E-state index contributed by atoms with van der Waals surface area (Å²) in [6.07, 6.45) is 4.35. The first kappa shape index (κ1) is 18.3. The summed E-state index contributed by atoms with van der Waals surface area (Å²) in [6, 6.07) is 7.91. The molecule has 0 atom stereocenters. The number of hydrogen-bond donors (Lipinski definition) is 1. The van der Waals surface area contributed by atoms with Gasteiger partial charge in [0.1, 0.15) is 10.6 Å². The molecule has 0 spiro atoms. The normalized spacial score (nSPS) is 14.1. The molecule has 0 radical (unpaired) electrons. The lowest BCUT2D eigenvalue weighted by Crippen LogP contribution is -2.19. The molecule has 0 bridgehead atoms. The molecule has 7 heteroatoms. The number of nitrogens with zero attached hydrogens (tertiary/aromatic N) is 3. The molecule has 3 aromatic rings. The van der Waals surface area contributed by atoms with Gasteiger partial charge in [0.25, 0.3) is 5.91 Å². The maximum atomic E-state index is 12.8. The molecule has 27 heavy (non-hydrogen) atoms. The molecule has 1 fully saturated rings. The van der Waals surface area contributed by atoms with Gasteiger partial charge in [0, 0.05) is 18.8 Å². The molecule has 3 heterocycles. The highest BCUT2D eigenvalue weighted by molar-refractivity contribution is 7.98. The third kappa shape index (κ3) is 3.66. The molecule has 0 aliphatic carbocycles. The van der Waals surface area contributed by atoms with Gasteiger partial charge in [-0.25, -0.2) is 9.97 Å². The lowest BCUT2D eigenvalue weighted by atomic mass is 10.1. The number of aryl methyl sites for hydroxylation is 2. The van der Waals surface area contributed by atoms with Crippen LogP contribution in [-0.4, -0.2) is 35.2 Å². The third-order valence-corrected chi connectivity index (χ3v) is 6.50. The van der Waals surface area contributed by atoms with Crippen LogP contribution in [0.4, 0.5) is 11.5 Å². The lowest BCUT2D eigenvalue weighted by Gasteiger charge is -2.17. The fraction of sp³-hybridized carbons (Fsp3) is 0.350. The molecule has 1 amide bonds. The first-order valence-corrected chi connectivity index (χ1v) is 11.1. The predicted molar refractivity (Wildman–Crippen MR) is 115 cm³/mol.